The summed E-state index contributed by atoms with van der Waals surface area (Å²) in [5, 5.41) is 2.94. The third kappa shape index (κ3) is 3.18. The number of carbonyl (C=O) groups excluding carboxylic acids is 1. The Kier molecular flexibility index (Phi) is 4.09. The zero-order chi connectivity index (χ0) is 14.5. The molecule has 3 rings (SSSR count). The van der Waals surface area contributed by atoms with Gasteiger partial charge >= 0.3 is 6.03 Å². The van der Waals surface area contributed by atoms with E-state index in [1.165, 1.54) is 0 Å². The van der Waals surface area contributed by atoms with E-state index in [1.54, 1.807) is 12.4 Å². The van der Waals surface area contributed by atoms with Gasteiger partial charge in [-0.15, -0.1) is 0 Å². The second-order valence-corrected chi connectivity index (χ2v) is 5.09. The summed E-state index contributed by atoms with van der Waals surface area (Å²) in [6.07, 6.45) is 5.48. The van der Waals surface area contributed by atoms with Crippen LogP contribution in [0.25, 0.3) is 0 Å². The first kappa shape index (κ1) is 13.5. The number of urea groups is 1. The van der Waals surface area contributed by atoms with Gasteiger partial charge in [0.15, 0.2) is 0 Å². The van der Waals surface area contributed by atoms with Crippen LogP contribution in [0.2, 0.25) is 0 Å². The number of hydrogen-bond acceptors (Lipinski definition) is 3. The molecule has 5 nitrogen and oxygen atoms in total. The molecule has 0 aromatic carbocycles. The molecule has 0 saturated carbocycles. The van der Waals surface area contributed by atoms with E-state index < -0.39 is 0 Å². The second kappa shape index (κ2) is 6.35. The minimum atomic E-state index is -0.0474. The third-order valence-electron chi connectivity index (χ3n) is 3.69. The zero-order valence-electron chi connectivity index (χ0n) is 11.8. The maximum Gasteiger partial charge on any atom is 0.318 e. The fourth-order valence-corrected chi connectivity index (χ4v) is 2.66. The molecule has 2 aromatic heterocycles. The summed E-state index contributed by atoms with van der Waals surface area (Å²) in [5.41, 5.74) is 1.82. The summed E-state index contributed by atoms with van der Waals surface area (Å²) in [5.74, 6) is 0. The lowest BCUT2D eigenvalue weighted by atomic mass is 10.1. The molecule has 5 heteroatoms. The quantitative estimate of drug-likeness (QED) is 0.941. The molecule has 2 aromatic rings. The Morgan fingerprint density at radius 3 is 2.71 bits per heavy atom. The van der Waals surface area contributed by atoms with Crippen LogP contribution in [0.4, 0.5) is 4.79 Å². The van der Waals surface area contributed by atoms with Crippen LogP contribution in [0, 0.1) is 0 Å². The molecule has 1 aliphatic rings. The molecule has 21 heavy (non-hydrogen) atoms. The van der Waals surface area contributed by atoms with Crippen molar-refractivity contribution in [1.29, 1.82) is 0 Å². The maximum atomic E-state index is 12.4. The van der Waals surface area contributed by atoms with Crippen LogP contribution < -0.4 is 5.32 Å². The summed E-state index contributed by atoms with van der Waals surface area (Å²) in [6.45, 7) is 1.22. The van der Waals surface area contributed by atoms with Gasteiger partial charge in [-0.25, -0.2) is 4.79 Å². The summed E-state index contributed by atoms with van der Waals surface area (Å²) in [7, 11) is 0. The number of pyridine rings is 2. The minimum absolute atomic E-state index is 0.0474. The number of carbonyl (C=O) groups is 1. The molecule has 1 aliphatic heterocycles. The Hall–Kier alpha value is -2.43. The molecule has 0 spiro atoms. The van der Waals surface area contributed by atoms with Crippen molar-refractivity contribution in [1.82, 2.24) is 20.2 Å². The first-order valence-corrected chi connectivity index (χ1v) is 7.20. The molecular formula is C16H18N4O. The van der Waals surface area contributed by atoms with E-state index in [9.17, 15) is 4.79 Å². The van der Waals surface area contributed by atoms with Crippen LogP contribution >= 0.6 is 0 Å². The molecule has 1 fully saturated rings. The molecule has 1 saturated heterocycles. The van der Waals surface area contributed by atoms with Crippen molar-refractivity contribution in [3.8, 4) is 0 Å². The molecule has 0 bridgehead atoms. The zero-order valence-corrected chi connectivity index (χ0v) is 11.8. The highest BCUT2D eigenvalue weighted by molar-refractivity contribution is 5.75. The highest BCUT2D eigenvalue weighted by Gasteiger charge is 2.30. The van der Waals surface area contributed by atoms with Gasteiger partial charge in [-0.3, -0.25) is 9.97 Å². The van der Waals surface area contributed by atoms with Crippen molar-refractivity contribution in [3.63, 3.8) is 0 Å². The van der Waals surface area contributed by atoms with E-state index in [-0.39, 0.29) is 12.1 Å². The average molecular weight is 282 g/mol. The minimum Gasteiger partial charge on any atom is -0.332 e. The van der Waals surface area contributed by atoms with Crippen LogP contribution in [-0.4, -0.2) is 27.4 Å². The number of rotatable bonds is 3. The summed E-state index contributed by atoms with van der Waals surface area (Å²) >= 11 is 0. The van der Waals surface area contributed by atoms with Gasteiger partial charge in [-0.2, -0.15) is 0 Å². The predicted molar refractivity (Wildman–Crippen MR) is 79.4 cm³/mol. The Morgan fingerprint density at radius 1 is 1.19 bits per heavy atom. The molecule has 1 N–H and O–H groups in total. The number of aromatic nitrogens is 2. The fraction of sp³-hybridized carbons (Fsp3) is 0.312. The first-order chi connectivity index (χ1) is 10.3. The van der Waals surface area contributed by atoms with Crippen molar-refractivity contribution < 1.29 is 4.79 Å². The van der Waals surface area contributed by atoms with Crippen molar-refractivity contribution in [2.75, 3.05) is 6.54 Å². The second-order valence-electron chi connectivity index (χ2n) is 5.09. The molecule has 3 heterocycles. The van der Waals surface area contributed by atoms with E-state index in [2.05, 4.69) is 15.3 Å². The lowest BCUT2D eigenvalue weighted by Crippen LogP contribution is -2.39. The predicted octanol–water partition coefficient (Wildman–Crippen LogP) is 2.52. The fourth-order valence-electron chi connectivity index (χ4n) is 2.66. The van der Waals surface area contributed by atoms with E-state index in [0.717, 1.165) is 30.8 Å². The van der Waals surface area contributed by atoms with Crippen LogP contribution in [0.15, 0.2) is 48.8 Å². The van der Waals surface area contributed by atoms with Crippen molar-refractivity contribution in [2.24, 2.45) is 0 Å². The number of nitrogens with one attached hydrogen (secondary N) is 1. The Bertz CT molecular complexity index is 588. The van der Waals surface area contributed by atoms with Crippen LogP contribution in [0.1, 0.15) is 30.3 Å². The van der Waals surface area contributed by atoms with Gasteiger partial charge in [0.1, 0.15) is 0 Å². The smallest absolute Gasteiger partial charge is 0.318 e. The van der Waals surface area contributed by atoms with Gasteiger partial charge in [0, 0.05) is 18.9 Å². The van der Waals surface area contributed by atoms with E-state index in [0.29, 0.717) is 6.54 Å². The van der Waals surface area contributed by atoms with Gasteiger partial charge in [0.05, 0.1) is 24.0 Å². The van der Waals surface area contributed by atoms with Crippen LogP contribution in [-0.2, 0) is 6.54 Å². The molecule has 108 valence electrons. The van der Waals surface area contributed by atoms with E-state index in [1.807, 2.05) is 41.3 Å². The molecule has 0 unspecified atom stereocenters. The van der Waals surface area contributed by atoms with Gasteiger partial charge in [0.2, 0.25) is 0 Å². The Morgan fingerprint density at radius 2 is 2.00 bits per heavy atom. The number of amides is 2. The highest BCUT2D eigenvalue weighted by Crippen LogP contribution is 2.30. The number of nitrogens with zero attached hydrogens (tertiary/aromatic N) is 3. The van der Waals surface area contributed by atoms with Gasteiger partial charge < -0.3 is 10.2 Å². The Balaban J connectivity index is 1.64. The maximum absolute atomic E-state index is 12.4. The standard InChI is InChI=1S/C16H18N4O/c21-16(19-12-13-6-1-3-9-17-13)20-11-5-8-15(20)14-7-2-4-10-18-14/h1-4,6-7,9-10,15H,5,8,11-12H2,(H,19,21)/t15-/m0/s1. The van der Waals surface area contributed by atoms with Crippen LogP contribution in [0.3, 0.4) is 0 Å². The lowest BCUT2D eigenvalue weighted by Gasteiger charge is -2.24. The average Bonchev–Trinajstić information content (AvgIpc) is 3.04. The van der Waals surface area contributed by atoms with Gasteiger partial charge in [-0.1, -0.05) is 12.1 Å². The summed E-state index contributed by atoms with van der Waals surface area (Å²) < 4.78 is 0. The molecule has 0 radical (unpaired) electrons. The molecular weight excluding hydrogens is 264 g/mol. The van der Waals surface area contributed by atoms with Crippen molar-refractivity contribution in [2.45, 2.75) is 25.4 Å². The summed E-state index contributed by atoms with van der Waals surface area (Å²) in [4.78, 5) is 22.8. The Labute approximate surface area is 124 Å². The third-order valence-corrected chi connectivity index (χ3v) is 3.69. The summed E-state index contributed by atoms with van der Waals surface area (Å²) in [6, 6.07) is 11.6. The molecule has 1 atom stereocenters. The van der Waals surface area contributed by atoms with Crippen LogP contribution in [0.5, 0.6) is 0 Å². The normalized spacial score (nSPS) is 17.7. The SMILES string of the molecule is O=C(NCc1ccccn1)N1CCC[C@H]1c1ccccn1. The number of likely N-dealkylation sites (tertiary alicyclic amines) is 1. The van der Waals surface area contributed by atoms with Crippen molar-refractivity contribution >= 4 is 6.03 Å². The van der Waals surface area contributed by atoms with E-state index >= 15 is 0 Å². The monoisotopic (exact) mass is 282 g/mol. The van der Waals surface area contributed by atoms with Gasteiger partial charge in [-0.05, 0) is 37.1 Å². The first-order valence-electron chi connectivity index (χ1n) is 7.20. The highest BCUT2D eigenvalue weighted by atomic mass is 16.2. The topological polar surface area (TPSA) is 58.1 Å². The number of hydrogen-bond donors (Lipinski definition) is 1. The van der Waals surface area contributed by atoms with E-state index in [4.69, 9.17) is 0 Å². The lowest BCUT2D eigenvalue weighted by molar-refractivity contribution is 0.191. The molecule has 0 aliphatic carbocycles. The van der Waals surface area contributed by atoms with Gasteiger partial charge in [0.25, 0.3) is 0 Å². The largest absolute Gasteiger partial charge is 0.332 e. The molecule has 2 amide bonds. The van der Waals surface area contributed by atoms with Crippen molar-refractivity contribution in [3.05, 3.63) is 60.2 Å².